The highest BCUT2D eigenvalue weighted by Gasteiger charge is 2.41. The fourth-order valence-electron chi connectivity index (χ4n) is 4.76. The van der Waals surface area contributed by atoms with Gasteiger partial charge < -0.3 is 9.64 Å². The molecule has 7 nitrogen and oxygen atoms in total. The van der Waals surface area contributed by atoms with Crippen LogP contribution in [-0.2, 0) is 11.8 Å². The molecule has 2 saturated heterocycles. The van der Waals surface area contributed by atoms with E-state index in [4.69, 9.17) is 4.74 Å². The van der Waals surface area contributed by atoms with Gasteiger partial charge in [0.05, 0.1) is 12.7 Å². The molecule has 1 spiro atoms. The van der Waals surface area contributed by atoms with Gasteiger partial charge in [0.2, 0.25) is 5.95 Å². The van der Waals surface area contributed by atoms with Gasteiger partial charge >= 0.3 is 0 Å². The van der Waals surface area contributed by atoms with E-state index in [2.05, 4.69) is 27.0 Å². The number of ether oxygens (including phenoxy) is 1. The predicted octanol–water partition coefficient (Wildman–Crippen LogP) is 3.00. The molecule has 0 saturated carbocycles. The highest BCUT2D eigenvalue weighted by Crippen LogP contribution is 2.42. The van der Waals surface area contributed by atoms with E-state index < -0.39 is 11.6 Å². The molecule has 1 N–H and O–H groups in total. The van der Waals surface area contributed by atoms with Gasteiger partial charge in [0.1, 0.15) is 11.1 Å². The van der Waals surface area contributed by atoms with E-state index >= 15 is 0 Å². The second kappa shape index (κ2) is 6.87. The third-order valence-electron chi connectivity index (χ3n) is 6.47. The Morgan fingerprint density at radius 1 is 1.23 bits per heavy atom. The first-order valence-corrected chi connectivity index (χ1v) is 10.1. The van der Waals surface area contributed by atoms with Crippen molar-refractivity contribution in [2.45, 2.75) is 32.3 Å². The molecule has 1 atom stereocenters. The topological polar surface area (TPSA) is 76.0 Å². The second-order valence-corrected chi connectivity index (χ2v) is 8.51. The van der Waals surface area contributed by atoms with E-state index in [1.54, 1.807) is 7.05 Å². The Labute approximate surface area is 171 Å². The van der Waals surface area contributed by atoms with E-state index in [1.807, 2.05) is 0 Å². The minimum Gasteiger partial charge on any atom is -0.378 e. The van der Waals surface area contributed by atoms with Crippen LogP contribution in [0.1, 0.15) is 26.2 Å². The number of H-pyrrole nitrogens is 1. The third-order valence-corrected chi connectivity index (χ3v) is 6.47. The summed E-state index contributed by atoms with van der Waals surface area (Å²) in [5.41, 5.74) is 0.875. The zero-order chi connectivity index (χ0) is 21.0. The van der Waals surface area contributed by atoms with Gasteiger partial charge in [-0.05, 0) is 49.8 Å². The Kier molecular flexibility index (Phi) is 4.39. The Morgan fingerprint density at radius 3 is 2.67 bits per heavy atom. The second-order valence-electron chi connectivity index (χ2n) is 8.51. The number of aromatic nitrogens is 4. The maximum Gasteiger partial charge on any atom is 0.266 e. The molecule has 2 fully saturated rings. The van der Waals surface area contributed by atoms with Crippen molar-refractivity contribution in [2.75, 3.05) is 24.6 Å². The molecule has 2 aliphatic heterocycles. The summed E-state index contributed by atoms with van der Waals surface area (Å²) in [6.07, 6.45) is 3.36. The van der Waals surface area contributed by atoms with Gasteiger partial charge in [0.15, 0.2) is 17.3 Å². The van der Waals surface area contributed by atoms with Gasteiger partial charge in [0, 0.05) is 25.7 Å². The minimum atomic E-state index is -0.988. The first kappa shape index (κ1) is 19.2. The molecule has 0 radical (unpaired) electrons. The largest absolute Gasteiger partial charge is 0.378 e. The molecule has 1 aromatic carbocycles. The van der Waals surface area contributed by atoms with Gasteiger partial charge in [-0.25, -0.2) is 8.78 Å². The zero-order valence-corrected chi connectivity index (χ0v) is 16.9. The number of hydrogen-bond donors (Lipinski definition) is 1. The number of nitrogens with zero attached hydrogens (tertiary/aromatic N) is 4. The molecular formula is C21H23F2N5O2. The first-order valence-electron chi connectivity index (χ1n) is 10.1. The molecule has 158 valence electrons. The summed E-state index contributed by atoms with van der Waals surface area (Å²) in [5, 5.41) is 7.21. The van der Waals surface area contributed by atoms with Gasteiger partial charge in [-0.3, -0.25) is 14.5 Å². The maximum atomic E-state index is 13.7. The molecule has 0 aliphatic carbocycles. The average molecular weight is 415 g/mol. The Balaban J connectivity index is 1.49. The highest BCUT2D eigenvalue weighted by molar-refractivity contribution is 5.90. The Hall–Kier alpha value is -2.81. The summed E-state index contributed by atoms with van der Waals surface area (Å²) in [7, 11) is 1.68. The molecular weight excluding hydrogens is 392 g/mol. The molecule has 2 aromatic heterocycles. The molecule has 2 aliphatic rings. The fourth-order valence-corrected chi connectivity index (χ4v) is 4.76. The minimum absolute atomic E-state index is 0.229. The standard InChI is InChI=1S/C21H23F2N5O2/c1-12-10-21(11-30-12)5-7-28(8-6-21)20-24-18-16(19(29)27(20)2)17(25-26-18)13-3-4-14(22)15(23)9-13/h3-4,9,12H,5-8,10-11H2,1-2H3,(H,25,26)/t12-/m0/s1. The molecule has 0 bridgehead atoms. The number of aromatic amines is 1. The normalized spacial score (nSPS) is 21.1. The quantitative estimate of drug-likeness (QED) is 0.696. The summed E-state index contributed by atoms with van der Waals surface area (Å²) in [5.74, 6) is -1.36. The van der Waals surface area contributed by atoms with Crippen molar-refractivity contribution in [1.82, 2.24) is 19.7 Å². The van der Waals surface area contributed by atoms with Crippen LogP contribution in [0.5, 0.6) is 0 Å². The van der Waals surface area contributed by atoms with Crippen LogP contribution in [0.3, 0.4) is 0 Å². The van der Waals surface area contributed by atoms with Crippen LogP contribution in [0, 0.1) is 17.0 Å². The lowest BCUT2D eigenvalue weighted by atomic mass is 9.77. The lowest BCUT2D eigenvalue weighted by molar-refractivity contribution is 0.0974. The lowest BCUT2D eigenvalue weighted by Crippen LogP contribution is -2.43. The summed E-state index contributed by atoms with van der Waals surface area (Å²) in [6.45, 7) is 4.51. The van der Waals surface area contributed by atoms with E-state index in [9.17, 15) is 13.6 Å². The van der Waals surface area contributed by atoms with Crippen molar-refractivity contribution in [3.8, 4) is 11.3 Å². The van der Waals surface area contributed by atoms with Crippen molar-refractivity contribution < 1.29 is 13.5 Å². The van der Waals surface area contributed by atoms with E-state index in [-0.39, 0.29) is 22.1 Å². The number of benzene rings is 1. The van der Waals surface area contributed by atoms with Gasteiger partial charge in [0.25, 0.3) is 5.56 Å². The molecule has 9 heteroatoms. The number of rotatable bonds is 2. The highest BCUT2D eigenvalue weighted by atomic mass is 19.2. The monoisotopic (exact) mass is 415 g/mol. The van der Waals surface area contributed by atoms with Crippen LogP contribution in [0.2, 0.25) is 0 Å². The molecule has 30 heavy (non-hydrogen) atoms. The summed E-state index contributed by atoms with van der Waals surface area (Å²) in [4.78, 5) is 19.9. The molecule has 0 amide bonds. The van der Waals surface area contributed by atoms with E-state index in [1.165, 1.54) is 10.6 Å². The Bertz CT molecular complexity index is 1180. The van der Waals surface area contributed by atoms with E-state index in [0.717, 1.165) is 51.1 Å². The third kappa shape index (κ3) is 2.99. The first-order chi connectivity index (χ1) is 14.4. The van der Waals surface area contributed by atoms with Crippen LogP contribution >= 0.6 is 0 Å². The van der Waals surface area contributed by atoms with Crippen molar-refractivity contribution >= 4 is 17.0 Å². The maximum absolute atomic E-state index is 13.7. The van der Waals surface area contributed by atoms with Crippen LogP contribution in [0.15, 0.2) is 23.0 Å². The summed E-state index contributed by atoms with van der Waals surface area (Å²) >= 11 is 0. The van der Waals surface area contributed by atoms with Crippen molar-refractivity contribution in [1.29, 1.82) is 0 Å². The van der Waals surface area contributed by atoms with Gasteiger partial charge in [-0.15, -0.1) is 0 Å². The molecule has 4 heterocycles. The molecule has 3 aromatic rings. The average Bonchev–Trinajstić information content (AvgIpc) is 3.31. The van der Waals surface area contributed by atoms with Gasteiger partial charge in [-0.2, -0.15) is 10.1 Å². The van der Waals surface area contributed by atoms with Crippen molar-refractivity contribution in [3.05, 3.63) is 40.2 Å². The van der Waals surface area contributed by atoms with Crippen LogP contribution in [0.4, 0.5) is 14.7 Å². The van der Waals surface area contributed by atoms with Crippen LogP contribution in [0.25, 0.3) is 22.3 Å². The number of anilines is 1. The number of halogens is 2. The fraction of sp³-hybridized carbons (Fsp3) is 0.476. The number of piperidine rings is 1. The van der Waals surface area contributed by atoms with Crippen molar-refractivity contribution in [2.24, 2.45) is 12.5 Å². The SMILES string of the molecule is C[C@H]1CC2(CCN(c3nc4[nH]nc(-c5ccc(F)c(F)c5)c4c(=O)n3C)CC2)CO1. The smallest absolute Gasteiger partial charge is 0.266 e. The molecule has 5 rings (SSSR count). The van der Waals surface area contributed by atoms with Crippen LogP contribution in [-0.4, -0.2) is 45.5 Å². The number of nitrogens with one attached hydrogen (secondary N) is 1. The lowest BCUT2D eigenvalue weighted by Gasteiger charge is -2.39. The number of hydrogen-bond acceptors (Lipinski definition) is 5. The predicted molar refractivity (Wildman–Crippen MR) is 108 cm³/mol. The Morgan fingerprint density at radius 2 is 2.00 bits per heavy atom. The van der Waals surface area contributed by atoms with Gasteiger partial charge in [-0.1, -0.05) is 0 Å². The van der Waals surface area contributed by atoms with Crippen molar-refractivity contribution in [3.63, 3.8) is 0 Å². The summed E-state index contributed by atoms with van der Waals surface area (Å²) < 4.78 is 34.3. The number of fused-ring (bicyclic) bond motifs is 1. The summed E-state index contributed by atoms with van der Waals surface area (Å²) in [6, 6.07) is 3.46. The zero-order valence-electron chi connectivity index (χ0n) is 16.9. The molecule has 0 unspecified atom stereocenters. The van der Waals surface area contributed by atoms with E-state index in [0.29, 0.717) is 23.3 Å². The van der Waals surface area contributed by atoms with Crippen LogP contribution < -0.4 is 10.5 Å².